The van der Waals surface area contributed by atoms with Crippen LogP contribution >= 0.6 is 11.8 Å². The van der Waals surface area contributed by atoms with Gasteiger partial charge in [0, 0.05) is 18.2 Å². The van der Waals surface area contributed by atoms with E-state index in [-0.39, 0.29) is 0 Å². The highest BCUT2D eigenvalue weighted by Gasteiger charge is 2.22. The topological polar surface area (TPSA) is 12.4 Å². The third kappa shape index (κ3) is 8.24. The lowest BCUT2D eigenvalue weighted by Gasteiger charge is -2.17. The highest BCUT2D eigenvalue weighted by molar-refractivity contribution is 7.99. The van der Waals surface area contributed by atoms with Gasteiger partial charge in [-0.2, -0.15) is 11.8 Å². The average Bonchev–Trinajstić information content (AvgIpc) is 3.33. The molecule has 2 fully saturated rings. The monoisotopic (exact) mass is 333 g/mol. The number of rotatable bonds is 7. The summed E-state index contributed by atoms with van der Waals surface area (Å²) in [6.07, 6.45) is 20.6. The Labute approximate surface area is 148 Å². The van der Waals surface area contributed by atoms with Gasteiger partial charge in [0.05, 0.1) is 0 Å². The van der Waals surface area contributed by atoms with Crippen molar-refractivity contribution in [2.45, 2.75) is 78.1 Å². The predicted molar refractivity (Wildman–Crippen MR) is 106 cm³/mol. The molecule has 0 aromatic heterocycles. The van der Waals surface area contributed by atoms with Crippen molar-refractivity contribution in [3.8, 4) is 0 Å². The van der Waals surface area contributed by atoms with Crippen LogP contribution in [0.4, 0.5) is 0 Å². The molecular weight excluding hydrogens is 298 g/mol. The van der Waals surface area contributed by atoms with Crippen LogP contribution in [0.5, 0.6) is 0 Å². The Hall–Kier alpha value is -0.500. The minimum Gasteiger partial charge on any atom is -0.268 e. The molecule has 130 valence electrons. The zero-order valence-corrected chi connectivity index (χ0v) is 16.0. The molecule has 0 N–H and O–H groups in total. The summed E-state index contributed by atoms with van der Waals surface area (Å²) in [5.41, 5.74) is 3.37. The molecule has 2 heteroatoms. The first-order valence-corrected chi connectivity index (χ1v) is 10.9. The minimum absolute atomic E-state index is 0.776. The SMILES string of the molecule is CC(C)CSCC=N/C=C\C(=C1CC1)C1CCCCCCCC1. The number of hydrogen-bond donors (Lipinski definition) is 0. The van der Waals surface area contributed by atoms with E-state index in [9.17, 15) is 0 Å². The van der Waals surface area contributed by atoms with Crippen LogP contribution in [0.2, 0.25) is 0 Å². The molecule has 2 rings (SSSR count). The van der Waals surface area contributed by atoms with Gasteiger partial charge in [-0.15, -0.1) is 0 Å². The van der Waals surface area contributed by atoms with Crippen molar-refractivity contribution in [1.29, 1.82) is 0 Å². The molecule has 0 bridgehead atoms. The Kier molecular flexibility index (Phi) is 9.11. The second kappa shape index (κ2) is 11.1. The van der Waals surface area contributed by atoms with Gasteiger partial charge in [-0.25, -0.2) is 0 Å². The fourth-order valence-electron chi connectivity index (χ4n) is 3.42. The van der Waals surface area contributed by atoms with Crippen LogP contribution in [0.15, 0.2) is 28.4 Å². The van der Waals surface area contributed by atoms with Crippen LogP contribution in [0.25, 0.3) is 0 Å². The Morgan fingerprint density at radius 2 is 1.74 bits per heavy atom. The standard InChI is InChI=1S/C21H35NS/c1-18(2)17-23-16-15-22-14-13-21(20-11-12-20)19-9-7-5-3-4-6-8-10-19/h13-15,18-19H,3-12,16-17H2,1-2H3/b14-13-,22-15?. The predicted octanol–water partition coefficient (Wildman–Crippen LogP) is 6.80. The smallest absolute Gasteiger partial charge is 0.0288 e. The van der Waals surface area contributed by atoms with Crippen molar-refractivity contribution in [3.05, 3.63) is 23.4 Å². The molecule has 1 nitrogen and oxygen atoms in total. The van der Waals surface area contributed by atoms with Crippen molar-refractivity contribution in [1.82, 2.24) is 0 Å². The Morgan fingerprint density at radius 3 is 2.35 bits per heavy atom. The first kappa shape index (κ1) is 18.8. The lowest BCUT2D eigenvalue weighted by Crippen LogP contribution is -2.03. The van der Waals surface area contributed by atoms with Crippen LogP contribution in [0, 0.1) is 11.8 Å². The first-order chi connectivity index (χ1) is 11.3. The molecule has 0 spiro atoms. The average molecular weight is 334 g/mol. The summed E-state index contributed by atoms with van der Waals surface area (Å²) in [4.78, 5) is 4.51. The highest BCUT2D eigenvalue weighted by Crippen LogP contribution is 2.39. The van der Waals surface area contributed by atoms with Gasteiger partial charge in [-0.3, -0.25) is 4.99 Å². The van der Waals surface area contributed by atoms with Crippen molar-refractivity contribution in [3.63, 3.8) is 0 Å². The quantitative estimate of drug-likeness (QED) is 0.368. The molecule has 0 radical (unpaired) electrons. The third-order valence-electron chi connectivity index (χ3n) is 4.79. The van der Waals surface area contributed by atoms with Gasteiger partial charge >= 0.3 is 0 Å². The number of aliphatic imine (C=N–C) groups is 1. The van der Waals surface area contributed by atoms with Crippen molar-refractivity contribution in [2.24, 2.45) is 16.8 Å². The van der Waals surface area contributed by atoms with Crippen LogP contribution in [-0.4, -0.2) is 17.7 Å². The molecule has 0 heterocycles. The molecule has 0 atom stereocenters. The second-order valence-electron chi connectivity index (χ2n) is 7.53. The van der Waals surface area contributed by atoms with Gasteiger partial charge in [0.2, 0.25) is 0 Å². The maximum absolute atomic E-state index is 4.51. The number of allylic oxidation sites excluding steroid dienone is 3. The summed E-state index contributed by atoms with van der Waals surface area (Å²) < 4.78 is 0. The van der Waals surface area contributed by atoms with Crippen molar-refractivity contribution < 1.29 is 0 Å². The van der Waals surface area contributed by atoms with Crippen LogP contribution in [0.1, 0.15) is 78.1 Å². The summed E-state index contributed by atoms with van der Waals surface area (Å²) >= 11 is 1.98. The first-order valence-electron chi connectivity index (χ1n) is 9.75. The Balaban J connectivity index is 1.82. The highest BCUT2D eigenvalue weighted by atomic mass is 32.2. The van der Waals surface area contributed by atoms with Crippen molar-refractivity contribution >= 4 is 18.0 Å². The largest absolute Gasteiger partial charge is 0.268 e. The normalized spacial score (nSPS) is 20.9. The van der Waals surface area contributed by atoms with Crippen molar-refractivity contribution in [2.75, 3.05) is 11.5 Å². The Bertz CT molecular complexity index is 404. The molecular formula is C21H35NS. The van der Waals surface area contributed by atoms with Gasteiger partial charge in [-0.05, 0) is 54.9 Å². The van der Waals surface area contributed by atoms with Crippen LogP contribution < -0.4 is 0 Å². The van der Waals surface area contributed by atoms with E-state index in [1.54, 1.807) is 11.1 Å². The van der Waals surface area contributed by atoms with E-state index in [0.717, 1.165) is 17.6 Å². The lowest BCUT2D eigenvalue weighted by molar-refractivity contribution is 0.493. The van der Waals surface area contributed by atoms with E-state index in [2.05, 4.69) is 37.3 Å². The van der Waals surface area contributed by atoms with E-state index in [1.807, 2.05) is 11.8 Å². The molecule has 2 saturated carbocycles. The minimum atomic E-state index is 0.776. The van der Waals surface area contributed by atoms with E-state index in [4.69, 9.17) is 0 Å². The number of nitrogens with zero attached hydrogens (tertiary/aromatic N) is 1. The lowest BCUT2D eigenvalue weighted by atomic mass is 9.88. The zero-order valence-electron chi connectivity index (χ0n) is 15.2. The fraction of sp³-hybridized carbons (Fsp3) is 0.762. The third-order valence-corrected chi connectivity index (χ3v) is 6.08. The summed E-state index contributed by atoms with van der Waals surface area (Å²) in [6, 6.07) is 0. The van der Waals surface area contributed by atoms with Gasteiger partial charge in [-0.1, -0.05) is 57.9 Å². The number of thioether (sulfide) groups is 1. The van der Waals surface area contributed by atoms with Gasteiger partial charge in [0.15, 0.2) is 0 Å². The molecule has 0 aromatic rings. The summed E-state index contributed by atoms with van der Waals surface area (Å²) in [7, 11) is 0. The fourth-order valence-corrected chi connectivity index (χ4v) is 4.22. The van der Waals surface area contributed by atoms with Gasteiger partial charge in [0.1, 0.15) is 0 Å². The molecule has 0 saturated heterocycles. The van der Waals surface area contributed by atoms with E-state index < -0.39 is 0 Å². The van der Waals surface area contributed by atoms with Gasteiger partial charge in [0.25, 0.3) is 0 Å². The second-order valence-corrected chi connectivity index (χ2v) is 8.61. The molecule has 23 heavy (non-hydrogen) atoms. The maximum Gasteiger partial charge on any atom is 0.0288 e. The van der Waals surface area contributed by atoms with Gasteiger partial charge < -0.3 is 0 Å². The Morgan fingerprint density at radius 1 is 1.09 bits per heavy atom. The number of hydrogen-bond acceptors (Lipinski definition) is 2. The maximum atomic E-state index is 4.51. The molecule has 0 aromatic carbocycles. The molecule has 2 aliphatic rings. The molecule has 2 aliphatic carbocycles. The zero-order chi connectivity index (χ0) is 16.3. The van der Waals surface area contributed by atoms with E-state index >= 15 is 0 Å². The molecule has 0 amide bonds. The summed E-state index contributed by atoms with van der Waals surface area (Å²) in [6.45, 7) is 4.55. The van der Waals surface area contributed by atoms with E-state index in [1.165, 1.54) is 70.0 Å². The molecule has 0 unspecified atom stereocenters. The molecule has 0 aliphatic heterocycles. The summed E-state index contributed by atoms with van der Waals surface area (Å²) in [5.74, 6) is 3.86. The summed E-state index contributed by atoms with van der Waals surface area (Å²) in [5, 5.41) is 0. The van der Waals surface area contributed by atoms with Crippen LogP contribution in [-0.2, 0) is 0 Å². The van der Waals surface area contributed by atoms with E-state index in [0.29, 0.717) is 0 Å². The van der Waals surface area contributed by atoms with Crippen LogP contribution in [0.3, 0.4) is 0 Å².